The van der Waals surface area contributed by atoms with Crippen LogP contribution in [0.25, 0.3) is 0 Å². The summed E-state index contributed by atoms with van der Waals surface area (Å²) in [5.74, 6) is 0.0622. The molecule has 0 aliphatic carbocycles. The monoisotopic (exact) mass is 355 g/mol. The van der Waals surface area contributed by atoms with Gasteiger partial charge in [0.1, 0.15) is 0 Å². The molecule has 2 heterocycles. The molecule has 4 atom stereocenters. The van der Waals surface area contributed by atoms with Crippen molar-refractivity contribution < 1.29 is 9.59 Å². The number of piperidine rings is 1. The van der Waals surface area contributed by atoms with Crippen LogP contribution in [0.3, 0.4) is 0 Å². The Bertz CT molecular complexity index is 723. The van der Waals surface area contributed by atoms with Gasteiger partial charge in [-0.25, -0.2) is 0 Å². The quantitative estimate of drug-likeness (QED) is 0.777. The van der Waals surface area contributed by atoms with E-state index in [-0.39, 0.29) is 36.2 Å². The lowest BCUT2D eigenvalue weighted by atomic mass is 9.76. The minimum atomic E-state index is -0.113. The number of hydrogen-bond donors (Lipinski definition) is 3. The summed E-state index contributed by atoms with van der Waals surface area (Å²) in [6.07, 6.45) is 1.06. The van der Waals surface area contributed by atoms with Gasteiger partial charge in [0.15, 0.2) is 0 Å². The number of nitrogens with one attached hydrogen (secondary N) is 3. The molecule has 3 unspecified atom stereocenters. The summed E-state index contributed by atoms with van der Waals surface area (Å²) in [5, 5.41) is 9.60. The minimum absolute atomic E-state index is 0.0846. The Morgan fingerprint density at radius 3 is 2.65 bits per heavy atom. The molecule has 0 bridgehead atoms. The lowest BCUT2D eigenvalue weighted by molar-refractivity contribution is -0.124. The van der Waals surface area contributed by atoms with Crippen molar-refractivity contribution in [3.05, 3.63) is 46.5 Å². The third kappa shape index (κ3) is 3.83. The smallest absolute Gasteiger partial charge is 0.247 e. The fourth-order valence-corrected chi connectivity index (χ4v) is 4.21. The van der Waals surface area contributed by atoms with E-state index in [2.05, 4.69) is 22.9 Å². The average Bonchev–Trinajstić information content (AvgIpc) is 2.59. The molecule has 1 fully saturated rings. The summed E-state index contributed by atoms with van der Waals surface area (Å²) in [6.45, 7) is 9.08. The molecule has 5 nitrogen and oxygen atoms in total. The normalized spacial score (nSPS) is 26.8. The Balaban J connectivity index is 1.70. The van der Waals surface area contributed by atoms with Crippen molar-refractivity contribution in [1.82, 2.24) is 16.0 Å². The number of carbonyl (C=O) groups is 2. The molecule has 3 rings (SSSR count). The van der Waals surface area contributed by atoms with Crippen LogP contribution in [-0.4, -0.2) is 30.4 Å². The van der Waals surface area contributed by atoms with Crippen LogP contribution in [0.15, 0.2) is 35.4 Å². The van der Waals surface area contributed by atoms with E-state index >= 15 is 0 Å². The van der Waals surface area contributed by atoms with Gasteiger partial charge in [0.05, 0.1) is 12.5 Å². The summed E-state index contributed by atoms with van der Waals surface area (Å²) in [4.78, 5) is 25.1. The third-order valence-corrected chi connectivity index (χ3v) is 5.75. The zero-order chi connectivity index (χ0) is 18.8. The number of carbonyl (C=O) groups excluding carboxylic acids is 2. The van der Waals surface area contributed by atoms with Crippen LogP contribution in [0.1, 0.15) is 50.8 Å². The average molecular weight is 355 g/mol. The Morgan fingerprint density at radius 2 is 1.96 bits per heavy atom. The first kappa shape index (κ1) is 18.6. The number of amides is 2. The van der Waals surface area contributed by atoms with E-state index in [4.69, 9.17) is 0 Å². The van der Waals surface area contributed by atoms with Gasteiger partial charge in [-0.2, -0.15) is 0 Å². The number of rotatable bonds is 4. The second kappa shape index (κ2) is 7.62. The van der Waals surface area contributed by atoms with Gasteiger partial charge < -0.3 is 16.0 Å². The summed E-state index contributed by atoms with van der Waals surface area (Å²) in [5.41, 5.74) is 3.93. The molecule has 0 aromatic heterocycles. The first-order valence-electron chi connectivity index (χ1n) is 9.46. The second-order valence-electron chi connectivity index (χ2n) is 7.68. The zero-order valence-electron chi connectivity index (χ0n) is 16.1. The topological polar surface area (TPSA) is 70.2 Å². The van der Waals surface area contributed by atoms with Crippen molar-refractivity contribution in [3.63, 3.8) is 0 Å². The number of benzene rings is 1. The molecule has 0 radical (unpaired) electrons. The van der Waals surface area contributed by atoms with E-state index in [1.807, 2.05) is 45.0 Å². The van der Waals surface area contributed by atoms with Crippen molar-refractivity contribution in [2.24, 2.45) is 5.92 Å². The lowest BCUT2D eigenvalue weighted by Gasteiger charge is -2.42. The maximum atomic E-state index is 12.6. The molecular weight excluding hydrogens is 326 g/mol. The zero-order valence-corrected chi connectivity index (χ0v) is 16.1. The Morgan fingerprint density at radius 1 is 1.27 bits per heavy atom. The van der Waals surface area contributed by atoms with Crippen LogP contribution in [-0.2, 0) is 9.59 Å². The van der Waals surface area contributed by atoms with Crippen LogP contribution in [0.5, 0.6) is 0 Å². The molecule has 0 saturated carbocycles. The third-order valence-electron chi connectivity index (χ3n) is 5.75. The highest BCUT2D eigenvalue weighted by Crippen LogP contribution is 2.32. The van der Waals surface area contributed by atoms with Gasteiger partial charge in [-0.05, 0) is 46.2 Å². The summed E-state index contributed by atoms with van der Waals surface area (Å²) in [7, 11) is 0. The molecular formula is C21H29N3O2. The van der Waals surface area contributed by atoms with Crippen molar-refractivity contribution in [1.29, 1.82) is 0 Å². The molecule has 1 aromatic rings. The fourth-order valence-electron chi connectivity index (χ4n) is 4.21. The van der Waals surface area contributed by atoms with Gasteiger partial charge in [-0.3, -0.25) is 9.59 Å². The predicted molar refractivity (Wildman–Crippen MR) is 103 cm³/mol. The molecule has 3 N–H and O–H groups in total. The molecule has 0 spiro atoms. The molecule has 26 heavy (non-hydrogen) atoms. The van der Waals surface area contributed by atoms with E-state index in [9.17, 15) is 9.59 Å². The molecule has 140 valence electrons. The standard InChI is InChI=1S/C21H29N3O2/c1-12-5-7-16(8-6-12)14(3)23-19(25)11-17-13(2)20-15(4)22-10-9-18(20)24-21(17)26/h5-8,14-15,18,20,22H,9-11H2,1-4H3,(H,23,25)(H,24,26)/t14-,15?,18?,20?/m1/s1. The Labute approximate surface area is 155 Å². The van der Waals surface area contributed by atoms with Gasteiger partial charge in [-0.1, -0.05) is 35.4 Å². The predicted octanol–water partition coefficient (Wildman–Crippen LogP) is 2.38. The van der Waals surface area contributed by atoms with E-state index in [1.165, 1.54) is 5.56 Å². The number of hydrogen-bond acceptors (Lipinski definition) is 3. The van der Waals surface area contributed by atoms with Crippen LogP contribution in [0, 0.1) is 12.8 Å². The maximum absolute atomic E-state index is 12.6. The minimum Gasteiger partial charge on any atom is -0.349 e. The van der Waals surface area contributed by atoms with E-state index in [0.717, 1.165) is 24.1 Å². The van der Waals surface area contributed by atoms with E-state index < -0.39 is 0 Å². The van der Waals surface area contributed by atoms with Gasteiger partial charge in [0, 0.05) is 23.6 Å². The van der Waals surface area contributed by atoms with Crippen LogP contribution in [0.2, 0.25) is 0 Å². The molecule has 2 aliphatic rings. The van der Waals surface area contributed by atoms with Gasteiger partial charge in [-0.15, -0.1) is 0 Å². The number of fused-ring (bicyclic) bond motifs is 1. The largest absolute Gasteiger partial charge is 0.349 e. The lowest BCUT2D eigenvalue weighted by Crippen LogP contribution is -2.57. The Hall–Kier alpha value is -2.14. The van der Waals surface area contributed by atoms with Gasteiger partial charge in [0.25, 0.3) is 0 Å². The van der Waals surface area contributed by atoms with Gasteiger partial charge in [0.2, 0.25) is 11.8 Å². The van der Waals surface area contributed by atoms with Crippen molar-refractivity contribution in [2.45, 2.75) is 58.7 Å². The molecule has 5 heteroatoms. The fraction of sp³-hybridized carbons (Fsp3) is 0.524. The van der Waals surface area contributed by atoms with Crippen molar-refractivity contribution >= 4 is 11.8 Å². The highest BCUT2D eigenvalue weighted by molar-refractivity contribution is 6.00. The molecule has 2 aliphatic heterocycles. The second-order valence-corrected chi connectivity index (χ2v) is 7.68. The highest BCUT2D eigenvalue weighted by Gasteiger charge is 2.39. The van der Waals surface area contributed by atoms with E-state index in [0.29, 0.717) is 11.6 Å². The molecule has 1 aromatic carbocycles. The van der Waals surface area contributed by atoms with Crippen LogP contribution < -0.4 is 16.0 Å². The van der Waals surface area contributed by atoms with Crippen LogP contribution >= 0.6 is 0 Å². The Kier molecular flexibility index (Phi) is 5.47. The van der Waals surface area contributed by atoms with Crippen molar-refractivity contribution in [2.75, 3.05) is 6.54 Å². The molecule has 2 amide bonds. The van der Waals surface area contributed by atoms with Crippen LogP contribution in [0.4, 0.5) is 0 Å². The first-order chi connectivity index (χ1) is 12.4. The summed E-state index contributed by atoms with van der Waals surface area (Å²) in [6, 6.07) is 8.53. The number of aryl methyl sites for hydroxylation is 1. The first-order valence-corrected chi connectivity index (χ1v) is 9.46. The summed E-state index contributed by atoms with van der Waals surface area (Å²) >= 11 is 0. The van der Waals surface area contributed by atoms with Gasteiger partial charge >= 0.3 is 0 Å². The van der Waals surface area contributed by atoms with E-state index in [1.54, 1.807) is 0 Å². The summed E-state index contributed by atoms with van der Waals surface area (Å²) < 4.78 is 0. The SMILES string of the molecule is CC1=C(CC(=O)N[C@H](C)c2ccc(C)cc2)C(=O)NC2CCNC(C)C12. The maximum Gasteiger partial charge on any atom is 0.247 e. The molecule has 1 saturated heterocycles. The highest BCUT2D eigenvalue weighted by atomic mass is 16.2. The van der Waals surface area contributed by atoms with Crippen molar-refractivity contribution in [3.8, 4) is 0 Å².